The van der Waals surface area contributed by atoms with Gasteiger partial charge in [0.1, 0.15) is 24.2 Å². The Bertz CT molecular complexity index is 1050. The van der Waals surface area contributed by atoms with Crippen molar-refractivity contribution in [3.05, 3.63) is 55.1 Å². The fourth-order valence-electron chi connectivity index (χ4n) is 3.76. The van der Waals surface area contributed by atoms with E-state index in [0.29, 0.717) is 6.61 Å². The number of H-pyrrole nitrogens is 1. The molecule has 0 amide bonds. The van der Waals surface area contributed by atoms with Crippen LogP contribution in [0.25, 0.3) is 21.9 Å². The fourth-order valence-corrected chi connectivity index (χ4v) is 3.76. The van der Waals surface area contributed by atoms with Crippen LogP contribution in [0.3, 0.4) is 0 Å². The molecule has 4 aromatic rings. The van der Waals surface area contributed by atoms with Gasteiger partial charge in [-0.25, -0.2) is 15.0 Å². The molecular formula is C20H19N5O. The number of benzene rings is 2. The molecule has 1 saturated heterocycles. The highest BCUT2D eigenvalue weighted by atomic mass is 16.5. The van der Waals surface area contributed by atoms with Crippen LogP contribution in [-0.4, -0.2) is 39.1 Å². The van der Waals surface area contributed by atoms with E-state index < -0.39 is 0 Å². The van der Waals surface area contributed by atoms with E-state index in [4.69, 9.17) is 4.74 Å². The highest BCUT2D eigenvalue weighted by Crippen LogP contribution is 2.30. The molecule has 130 valence electrons. The van der Waals surface area contributed by atoms with Gasteiger partial charge in [-0.2, -0.15) is 0 Å². The van der Waals surface area contributed by atoms with Crippen LogP contribution in [0.5, 0.6) is 5.75 Å². The third-order valence-corrected chi connectivity index (χ3v) is 5.03. The summed E-state index contributed by atoms with van der Waals surface area (Å²) in [5.74, 6) is 1.82. The Kier molecular flexibility index (Phi) is 3.66. The maximum atomic E-state index is 6.24. The molecule has 3 heterocycles. The smallest absolute Gasteiger partial charge is 0.162 e. The molecule has 0 spiro atoms. The number of anilines is 1. The van der Waals surface area contributed by atoms with Crippen molar-refractivity contribution in [3.63, 3.8) is 0 Å². The molecule has 1 N–H and O–H groups in total. The summed E-state index contributed by atoms with van der Waals surface area (Å²) in [5, 5.41) is 2.35. The van der Waals surface area contributed by atoms with Gasteiger partial charge in [-0.15, -0.1) is 0 Å². The number of nitrogens with zero attached hydrogens (tertiary/aromatic N) is 4. The number of aromatic amines is 1. The van der Waals surface area contributed by atoms with Gasteiger partial charge in [0.2, 0.25) is 0 Å². The number of rotatable bonds is 4. The van der Waals surface area contributed by atoms with E-state index in [1.807, 2.05) is 18.2 Å². The molecule has 5 rings (SSSR count). The van der Waals surface area contributed by atoms with Crippen molar-refractivity contribution in [2.45, 2.75) is 18.9 Å². The average Bonchev–Trinajstić information content (AvgIpc) is 3.35. The zero-order valence-corrected chi connectivity index (χ0v) is 14.3. The molecule has 0 bridgehead atoms. The van der Waals surface area contributed by atoms with Crippen LogP contribution in [0, 0.1) is 0 Å². The van der Waals surface area contributed by atoms with Crippen molar-refractivity contribution < 1.29 is 4.74 Å². The zero-order valence-electron chi connectivity index (χ0n) is 14.3. The molecular weight excluding hydrogens is 326 g/mol. The number of aromatic nitrogens is 4. The van der Waals surface area contributed by atoms with Gasteiger partial charge in [0.25, 0.3) is 0 Å². The molecule has 26 heavy (non-hydrogen) atoms. The lowest BCUT2D eigenvalue weighted by Gasteiger charge is -2.26. The van der Waals surface area contributed by atoms with E-state index in [1.54, 1.807) is 12.7 Å². The standard InChI is InChI=1S/C20H19N5O/c1-2-8-16-14(5-1)6-3-9-17(16)26-11-15-7-4-10-25(15)20-18-19(22-12-21-18)23-13-24-20/h1-3,5-6,8-9,12-13,15H,4,7,10-11H2,(H,21,22,23,24). The first kappa shape index (κ1) is 15.1. The summed E-state index contributed by atoms with van der Waals surface area (Å²) < 4.78 is 6.24. The zero-order chi connectivity index (χ0) is 17.3. The predicted octanol–water partition coefficient (Wildman–Crippen LogP) is 3.55. The summed E-state index contributed by atoms with van der Waals surface area (Å²) in [6.07, 6.45) is 5.47. The predicted molar refractivity (Wildman–Crippen MR) is 101 cm³/mol. The van der Waals surface area contributed by atoms with Crippen molar-refractivity contribution in [1.29, 1.82) is 0 Å². The molecule has 0 radical (unpaired) electrons. The Balaban J connectivity index is 1.40. The van der Waals surface area contributed by atoms with Gasteiger partial charge < -0.3 is 14.6 Å². The molecule has 1 aliphatic heterocycles. The average molecular weight is 345 g/mol. The SMILES string of the molecule is c1ccc2c(OCC3CCCN3c3ncnc4[nH]cnc34)cccc2c1. The molecule has 1 fully saturated rings. The Labute approximate surface area is 150 Å². The van der Waals surface area contributed by atoms with Gasteiger partial charge >= 0.3 is 0 Å². The first-order valence-corrected chi connectivity index (χ1v) is 8.91. The molecule has 2 aromatic heterocycles. The number of fused-ring (bicyclic) bond motifs is 2. The molecule has 1 unspecified atom stereocenters. The summed E-state index contributed by atoms with van der Waals surface area (Å²) >= 11 is 0. The lowest BCUT2D eigenvalue weighted by molar-refractivity contribution is 0.291. The number of imidazole rings is 1. The first-order chi connectivity index (χ1) is 12.9. The van der Waals surface area contributed by atoms with Crippen molar-refractivity contribution in [2.24, 2.45) is 0 Å². The van der Waals surface area contributed by atoms with Crippen molar-refractivity contribution in [2.75, 3.05) is 18.1 Å². The molecule has 6 nitrogen and oxygen atoms in total. The van der Waals surface area contributed by atoms with Crippen molar-refractivity contribution in [3.8, 4) is 5.75 Å². The highest BCUT2D eigenvalue weighted by Gasteiger charge is 2.28. The molecule has 1 aliphatic rings. The summed E-state index contributed by atoms with van der Waals surface area (Å²) in [4.78, 5) is 18.5. The van der Waals surface area contributed by atoms with Crippen molar-refractivity contribution >= 4 is 27.8 Å². The van der Waals surface area contributed by atoms with Gasteiger partial charge in [0, 0.05) is 11.9 Å². The number of hydrogen-bond donors (Lipinski definition) is 1. The summed E-state index contributed by atoms with van der Waals surface area (Å²) in [6, 6.07) is 14.8. The number of ether oxygens (including phenoxy) is 1. The van der Waals surface area contributed by atoms with E-state index >= 15 is 0 Å². The van der Waals surface area contributed by atoms with Crippen LogP contribution >= 0.6 is 0 Å². The van der Waals surface area contributed by atoms with Gasteiger partial charge in [0.05, 0.1) is 12.4 Å². The normalized spacial score (nSPS) is 17.2. The van der Waals surface area contributed by atoms with Gasteiger partial charge in [-0.3, -0.25) is 0 Å². The fraction of sp³-hybridized carbons (Fsp3) is 0.250. The minimum absolute atomic E-state index is 0.281. The Morgan fingerprint density at radius 3 is 3.00 bits per heavy atom. The van der Waals surface area contributed by atoms with Crippen LogP contribution in [0.15, 0.2) is 55.1 Å². The second-order valence-electron chi connectivity index (χ2n) is 6.57. The first-order valence-electron chi connectivity index (χ1n) is 8.91. The summed E-state index contributed by atoms with van der Waals surface area (Å²) in [7, 11) is 0. The largest absolute Gasteiger partial charge is 0.491 e. The minimum atomic E-state index is 0.281. The van der Waals surface area contributed by atoms with Gasteiger partial charge in [-0.05, 0) is 24.3 Å². The Morgan fingerprint density at radius 2 is 2.00 bits per heavy atom. The quantitative estimate of drug-likeness (QED) is 0.613. The van der Waals surface area contributed by atoms with Gasteiger partial charge in [-0.1, -0.05) is 36.4 Å². The van der Waals surface area contributed by atoms with E-state index in [2.05, 4.69) is 49.1 Å². The monoisotopic (exact) mass is 345 g/mol. The maximum Gasteiger partial charge on any atom is 0.162 e. The summed E-state index contributed by atoms with van der Waals surface area (Å²) in [6.45, 7) is 1.59. The molecule has 6 heteroatoms. The van der Waals surface area contributed by atoms with E-state index in [0.717, 1.165) is 47.5 Å². The lowest BCUT2D eigenvalue weighted by atomic mass is 10.1. The molecule has 0 saturated carbocycles. The third-order valence-electron chi connectivity index (χ3n) is 5.03. The molecule has 2 aromatic carbocycles. The van der Waals surface area contributed by atoms with E-state index in [1.165, 1.54) is 5.39 Å². The second-order valence-corrected chi connectivity index (χ2v) is 6.57. The van der Waals surface area contributed by atoms with Crippen LogP contribution in [0.1, 0.15) is 12.8 Å². The van der Waals surface area contributed by atoms with Crippen LogP contribution in [0.4, 0.5) is 5.82 Å². The maximum absolute atomic E-state index is 6.24. The second kappa shape index (κ2) is 6.29. The number of hydrogen-bond acceptors (Lipinski definition) is 5. The van der Waals surface area contributed by atoms with E-state index in [-0.39, 0.29) is 6.04 Å². The Hall–Kier alpha value is -3.15. The molecule has 1 atom stereocenters. The van der Waals surface area contributed by atoms with Crippen LogP contribution in [-0.2, 0) is 0 Å². The Morgan fingerprint density at radius 1 is 1.08 bits per heavy atom. The highest BCUT2D eigenvalue weighted by molar-refractivity contribution is 5.88. The van der Waals surface area contributed by atoms with Crippen LogP contribution in [0.2, 0.25) is 0 Å². The third kappa shape index (κ3) is 2.54. The lowest BCUT2D eigenvalue weighted by Crippen LogP contribution is -2.35. The minimum Gasteiger partial charge on any atom is -0.491 e. The number of nitrogens with one attached hydrogen (secondary N) is 1. The van der Waals surface area contributed by atoms with Gasteiger partial charge in [0.15, 0.2) is 11.5 Å². The summed E-state index contributed by atoms with van der Waals surface area (Å²) in [5.41, 5.74) is 1.60. The van der Waals surface area contributed by atoms with Crippen LogP contribution < -0.4 is 9.64 Å². The topological polar surface area (TPSA) is 66.9 Å². The van der Waals surface area contributed by atoms with Crippen molar-refractivity contribution in [1.82, 2.24) is 19.9 Å². The molecule has 0 aliphatic carbocycles. The van der Waals surface area contributed by atoms with E-state index in [9.17, 15) is 0 Å².